The van der Waals surface area contributed by atoms with Gasteiger partial charge in [-0.3, -0.25) is 19.1 Å². The molecule has 2 aliphatic rings. The number of carbonyl (C=O) groups is 1. The third kappa shape index (κ3) is 5.00. The van der Waals surface area contributed by atoms with Gasteiger partial charge in [0, 0.05) is 44.7 Å². The zero-order chi connectivity index (χ0) is 23.5. The van der Waals surface area contributed by atoms with Gasteiger partial charge in [-0.15, -0.1) is 0 Å². The maximum atomic E-state index is 13.0. The molecule has 3 heterocycles. The number of aromatic nitrogens is 2. The Morgan fingerprint density at radius 1 is 1.12 bits per heavy atom. The van der Waals surface area contributed by atoms with Gasteiger partial charge in [0.15, 0.2) is 16.3 Å². The number of aromatic amines is 1. The minimum atomic E-state index is -0.191. The second-order valence-corrected chi connectivity index (χ2v) is 9.23. The number of ether oxygens (including phenoxy) is 2. The van der Waals surface area contributed by atoms with E-state index in [2.05, 4.69) is 39.5 Å². The van der Waals surface area contributed by atoms with E-state index in [-0.39, 0.29) is 24.3 Å². The number of H-pyrrole nitrogens is 1. The number of nitrogens with zero attached hydrogens (tertiary/aromatic N) is 2. The molecule has 0 saturated carbocycles. The number of likely N-dealkylation sites (tertiary alicyclic amines) is 1. The molecule has 2 aromatic carbocycles. The maximum Gasteiger partial charge on any atom is 0.262 e. The van der Waals surface area contributed by atoms with Crippen LogP contribution in [-0.4, -0.2) is 46.3 Å². The second kappa shape index (κ2) is 9.99. The fraction of sp³-hybridized carbons (Fsp3) is 0.400. The van der Waals surface area contributed by atoms with E-state index in [0.717, 1.165) is 32.5 Å². The van der Waals surface area contributed by atoms with E-state index in [0.29, 0.717) is 46.6 Å². The molecule has 0 bridgehead atoms. The van der Waals surface area contributed by atoms with Crippen LogP contribution in [0.2, 0.25) is 0 Å². The van der Waals surface area contributed by atoms with Gasteiger partial charge in [0.1, 0.15) is 0 Å². The summed E-state index contributed by atoms with van der Waals surface area (Å²) in [5, 5.41) is 3.65. The van der Waals surface area contributed by atoms with Gasteiger partial charge in [-0.2, -0.15) is 0 Å². The lowest BCUT2D eigenvalue weighted by Crippen LogP contribution is -2.44. The van der Waals surface area contributed by atoms with Crippen molar-refractivity contribution in [2.24, 2.45) is 0 Å². The van der Waals surface area contributed by atoms with Gasteiger partial charge in [-0.1, -0.05) is 30.3 Å². The molecule has 9 heteroatoms. The summed E-state index contributed by atoms with van der Waals surface area (Å²) in [4.78, 5) is 31.0. The highest BCUT2D eigenvalue weighted by Crippen LogP contribution is 2.34. The molecule has 178 valence electrons. The van der Waals surface area contributed by atoms with Crippen LogP contribution in [0.15, 0.2) is 47.3 Å². The molecule has 3 aromatic rings. The predicted molar refractivity (Wildman–Crippen MR) is 132 cm³/mol. The smallest absolute Gasteiger partial charge is 0.262 e. The molecule has 0 aliphatic carbocycles. The summed E-state index contributed by atoms with van der Waals surface area (Å²) in [6.07, 6.45) is 2.78. The first-order chi connectivity index (χ1) is 16.6. The highest BCUT2D eigenvalue weighted by molar-refractivity contribution is 7.71. The molecule has 2 N–H and O–H groups in total. The third-order valence-electron chi connectivity index (χ3n) is 6.46. The first-order valence-electron chi connectivity index (χ1n) is 11.7. The van der Waals surface area contributed by atoms with Crippen molar-refractivity contribution in [2.45, 2.75) is 44.8 Å². The highest BCUT2D eigenvalue weighted by Gasteiger charge is 2.21. The van der Waals surface area contributed by atoms with Crippen LogP contribution in [0.1, 0.15) is 31.2 Å². The summed E-state index contributed by atoms with van der Waals surface area (Å²) >= 11 is 5.39. The Morgan fingerprint density at radius 3 is 2.62 bits per heavy atom. The highest BCUT2D eigenvalue weighted by atomic mass is 32.1. The molecule has 0 unspecified atom stereocenters. The molecule has 1 fully saturated rings. The standard InChI is InChI=1S/C25H28N4O4S/c30-23(26-18-8-11-28(12-9-18)15-17-5-2-1-3-6-17)7-4-10-29-24(31)19-13-21-22(33-16-32-21)14-20(19)27-25(29)34/h1-3,5-6,13-14,18H,4,7-12,15-16H2,(H,26,30)(H,27,34). The summed E-state index contributed by atoms with van der Waals surface area (Å²) in [6, 6.07) is 14.1. The number of amides is 1. The molecule has 5 rings (SSSR count). The molecule has 1 saturated heterocycles. The molecule has 2 aliphatic heterocycles. The van der Waals surface area contributed by atoms with E-state index in [1.54, 1.807) is 12.1 Å². The Hall–Kier alpha value is -3.17. The van der Waals surface area contributed by atoms with Gasteiger partial charge < -0.3 is 19.8 Å². The minimum Gasteiger partial charge on any atom is -0.454 e. The van der Waals surface area contributed by atoms with Crippen molar-refractivity contribution in [1.29, 1.82) is 0 Å². The van der Waals surface area contributed by atoms with Crippen LogP contribution in [0, 0.1) is 4.77 Å². The van der Waals surface area contributed by atoms with E-state index in [1.165, 1.54) is 10.1 Å². The van der Waals surface area contributed by atoms with Crippen LogP contribution in [0.3, 0.4) is 0 Å². The lowest BCUT2D eigenvalue weighted by atomic mass is 10.0. The zero-order valence-electron chi connectivity index (χ0n) is 18.9. The number of hydrogen-bond acceptors (Lipinski definition) is 6. The normalized spacial score (nSPS) is 16.1. The minimum absolute atomic E-state index is 0.0219. The van der Waals surface area contributed by atoms with Crippen LogP contribution in [0.4, 0.5) is 0 Å². The van der Waals surface area contributed by atoms with Gasteiger partial charge in [0.05, 0.1) is 10.9 Å². The van der Waals surface area contributed by atoms with Crippen molar-refractivity contribution in [3.8, 4) is 11.5 Å². The Bertz CT molecular complexity index is 1300. The number of carbonyl (C=O) groups excluding carboxylic acids is 1. The van der Waals surface area contributed by atoms with E-state index in [1.807, 2.05) is 6.07 Å². The Kier molecular flexibility index (Phi) is 6.64. The predicted octanol–water partition coefficient (Wildman–Crippen LogP) is 3.35. The van der Waals surface area contributed by atoms with Crippen molar-refractivity contribution in [2.75, 3.05) is 19.9 Å². The largest absolute Gasteiger partial charge is 0.454 e. The molecule has 0 radical (unpaired) electrons. The zero-order valence-corrected chi connectivity index (χ0v) is 19.7. The van der Waals surface area contributed by atoms with Crippen molar-refractivity contribution in [3.63, 3.8) is 0 Å². The van der Waals surface area contributed by atoms with Crippen LogP contribution in [0.25, 0.3) is 10.9 Å². The number of benzene rings is 2. The average Bonchev–Trinajstić information content (AvgIpc) is 3.29. The van der Waals surface area contributed by atoms with Crippen LogP contribution < -0.4 is 20.3 Å². The quantitative estimate of drug-likeness (QED) is 0.504. The summed E-state index contributed by atoms with van der Waals surface area (Å²) in [5.41, 5.74) is 1.74. The molecule has 1 amide bonds. The van der Waals surface area contributed by atoms with E-state index in [9.17, 15) is 9.59 Å². The second-order valence-electron chi connectivity index (χ2n) is 8.85. The summed E-state index contributed by atoms with van der Waals surface area (Å²) < 4.78 is 12.6. The van der Waals surface area contributed by atoms with E-state index < -0.39 is 0 Å². The lowest BCUT2D eigenvalue weighted by molar-refractivity contribution is -0.122. The molecule has 0 atom stereocenters. The molecule has 1 aromatic heterocycles. The van der Waals surface area contributed by atoms with Crippen LogP contribution in [-0.2, 0) is 17.9 Å². The van der Waals surface area contributed by atoms with Crippen molar-refractivity contribution >= 4 is 29.0 Å². The Balaban J connectivity index is 1.12. The van der Waals surface area contributed by atoms with Crippen molar-refractivity contribution in [3.05, 3.63) is 63.2 Å². The fourth-order valence-corrected chi connectivity index (χ4v) is 4.90. The Labute approximate surface area is 202 Å². The van der Waals surface area contributed by atoms with Gasteiger partial charge in [0.25, 0.3) is 5.56 Å². The van der Waals surface area contributed by atoms with Crippen LogP contribution in [0.5, 0.6) is 11.5 Å². The van der Waals surface area contributed by atoms with Gasteiger partial charge in [0.2, 0.25) is 12.7 Å². The number of fused-ring (bicyclic) bond motifs is 2. The SMILES string of the molecule is O=C(CCCn1c(=S)[nH]c2cc3c(cc2c1=O)OCO3)NC1CCN(Cc2ccccc2)CC1. The molecule has 0 spiro atoms. The first kappa shape index (κ1) is 22.6. The number of nitrogens with one attached hydrogen (secondary N) is 2. The van der Waals surface area contributed by atoms with Crippen molar-refractivity contribution in [1.82, 2.24) is 19.8 Å². The first-order valence-corrected chi connectivity index (χ1v) is 12.1. The Morgan fingerprint density at radius 2 is 1.85 bits per heavy atom. The lowest BCUT2D eigenvalue weighted by Gasteiger charge is -2.32. The van der Waals surface area contributed by atoms with Gasteiger partial charge in [-0.25, -0.2) is 0 Å². The van der Waals surface area contributed by atoms with Crippen molar-refractivity contribution < 1.29 is 14.3 Å². The third-order valence-corrected chi connectivity index (χ3v) is 6.78. The molecule has 34 heavy (non-hydrogen) atoms. The molecule has 8 nitrogen and oxygen atoms in total. The monoisotopic (exact) mass is 480 g/mol. The summed E-state index contributed by atoms with van der Waals surface area (Å²) in [5.74, 6) is 1.17. The number of rotatable bonds is 7. The fourth-order valence-electron chi connectivity index (χ4n) is 4.62. The number of hydrogen-bond donors (Lipinski definition) is 2. The number of piperidine rings is 1. The van der Waals surface area contributed by atoms with E-state index >= 15 is 0 Å². The topological polar surface area (TPSA) is 88.6 Å². The van der Waals surface area contributed by atoms with Gasteiger partial charge in [-0.05, 0) is 43.1 Å². The average molecular weight is 481 g/mol. The summed E-state index contributed by atoms with van der Waals surface area (Å²) in [7, 11) is 0. The van der Waals surface area contributed by atoms with Crippen LogP contribution >= 0.6 is 12.2 Å². The molecular formula is C25H28N4O4S. The molecular weight excluding hydrogens is 452 g/mol. The summed E-state index contributed by atoms with van der Waals surface area (Å²) in [6.45, 7) is 3.41. The van der Waals surface area contributed by atoms with Gasteiger partial charge >= 0.3 is 0 Å². The van der Waals surface area contributed by atoms with E-state index in [4.69, 9.17) is 21.7 Å². The maximum absolute atomic E-state index is 13.0.